The van der Waals surface area contributed by atoms with Crippen molar-refractivity contribution >= 4 is 23.7 Å². The van der Waals surface area contributed by atoms with Crippen molar-refractivity contribution in [2.45, 2.75) is 46.1 Å². The van der Waals surface area contributed by atoms with Crippen LogP contribution in [-0.4, -0.2) is 134 Å². The van der Waals surface area contributed by atoms with E-state index in [-0.39, 0.29) is 36.5 Å². The van der Waals surface area contributed by atoms with Crippen LogP contribution in [-0.2, 0) is 20.9 Å². The van der Waals surface area contributed by atoms with Crippen LogP contribution in [0.15, 0.2) is 54.6 Å². The lowest BCUT2D eigenvalue weighted by Gasteiger charge is -2.33. The van der Waals surface area contributed by atoms with Crippen molar-refractivity contribution in [3.05, 3.63) is 70.3 Å². The average molecular weight is 698 g/mol. The highest BCUT2D eigenvalue weighted by Gasteiger charge is 2.19. The van der Waals surface area contributed by atoms with Gasteiger partial charge < -0.3 is 29.9 Å². The first kappa shape index (κ1) is 40.3. The van der Waals surface area contributed by atoms with Crippen LogP contribution in [0.1, 0.15) is 45.1 Å². The molecule has 1 aliphatic rings. The van der Waals surface area contributed by atoms with E-state index in [0.717, 1.165) is 83.6 Å². The number of amides is 2. The van der Waals surface area contributed by atoms with Crippen molar-refractivity contribution < 1.29 is 28.8 Å². The molecule has 1 heterocycles. The van der Waals surface area contributed by atoms with E-state index in [0.29, 0.717) is 32.7 Å². The van der Waals surface area contributed by atoms with E-state index in [1.54, 1.807) is 0 Å². The lowest BCUT2D eigenvalue weighted by Crippen LogP contribution is -2.48. The van der Waals surface area contributed by atoms with Gasteiger partial charge in [-0.15, -0.1) is 0 Å². The van der Waals surface area contributed by atoms with E-state index in [4.69, 9.17) is 9.47 Å². The molecule has 0 unspecified atom stereocenters. The van der Waals surface area contributed by atoms with Crippen molar-refractivity contribution in [2.24, 2.45) is 0 Å². The van der Waals surface area contributed by atoms with Gasteiger partial charge in [0.2, 0.25) is 5.91 Å². The molecule has 1 aliphatic heterocycles. The number of nitrogens with zero attached hydrogens (tertiary/aromatic N) is 5. The molecule has 1 fully saturated rings. The molecule has 2 N–H and O–H groups in total. The molecule has 1 saturated heterocycles. The Morgan fingerprint density at radius 1 is 0.700 bits per heavy atom. The number of nitro benzene ring substituents is 1. The first-order chi connectivity index (χ1) is 24.2. The Labute approximate surface area is 296 Å². The van der Waals surface area contributed by atoms with E-state index in [2.05, 4.69) is 44.1 Å². The normalized spacial score (nSPS) is 15.7. The smallest absolute Gasteiger partial charge is 0.412 e. The van der Waals surface area contributed by atoms with Crippen molar-refractivity contribution in [1.29, 1.82) is 0 Å². The third-order valence-electron chi connectivity index (χ3n) is 8.74. The topological polar surface area (TPSA) is 150 Å². The number of esters is 1. The third kappa shape index (κ3) is 16.5. The minimum absolute atomic E-state index is 0.0122. The molecule has 0 aromatic heterocycles. The van der Waals surface area contributed by atoms with Gasteiger partial charge in [-0.2, -0.15) is 0 Å². The van der Waals surface area contributed by atoms with Crippen LogP contribution in [0.25, 0.3) is 0 Å². The van der Waals surface area contributed by atoms with Gasteiger partial charge in [-0.25, -0.2) is 4.79 Å². The van der Waals surface area contributed by atoms with E-state index in [9.17, 15) is 24.5 Å². The van der Waals surface area contributed by atoms with Gasteiger partial charge in [0, 0.05) is 77.6 Å². The summed E-state index contributed by atoms with van der Waals surface area (Å²) in [4.78, 5) is 57.1. The number of carbonyl (C=O) groups is 3. The molecule has 276 valence electrons. The fraction of sp³-hybridized carbons (Fsp3) is 0.583. The highest BCUT2D eigenvalue weighted by atomic mass is 16.6. The first-order valence-electron chi connectivity index (χ1n) is 17.8. The molecule has 3 rings (SSSR count). The van der Waals surface area contributed by atoms with Gasteiger partial charge in [0.05, 0.1) is 18.0 Å². The van der Waals surface area contributed by atoms with E-state index >= 15 is 0 Å². The minimum atomic E-state index is -0.607. The maximum Gasteiger partial charge on any atom is 0.412 e. The molecule has 14 heteroatoms. The number of likely N-dealkylation sites (N-methyl/N-ethyl adjacent to an activating group) is 2. The summed E-state index contributed by atoms with van der Waals surface area (Å²) < 4.78 is 10.7. The summed E-state index contributed by atoms with van der Waals surface area (Å²) in [6.45, 7) is 14.5. The Hall–Kier alpha value is -4.11. The fourth-order valence-corrected chi connectivity index (χ4v) is 5.55. The quantitative estimate of drug-likeness (QED) is 0.108. The third-order valence-corrected chi connectivity index (χ3v) is 8.74. The summed E-state index contributed by atoms with van der Waals surface area (Å²) in [5.41, 5.74) is 0.888. The molecule has 2 amide bonds. The molecule has 2 aromatic rings. The number of non-ortho nitro benzene ring substituents is 1. The zero-order chi connectivity index (χ0) is 36.0. The van der Waals surface area contributed by atoms with Crippen LogP contribution < -0.4 is 15.4 Å². The number of nitro groups is 1. The molecule has 50 heavy (non-hydrogen) atoms. The Balaban J connectivity index is 1.37. The Bertz CT molecular complexity index is 1300. The van der Waals surface area contributed by atoms with Crippen molar-refractivity contribution in [3.8, 4) is 5.75 Å². The molecular formula is C36H55N7O7. The predicted molar refractivity (Wildman–Crippen MR) is 192 cm³/mol. The van der Waals surface area contributed by atoms with Gasteiger partial charge in [0.1, 0.15) is 12.4 Å². The number of hydrogen-bond acceptors (Lipinski definition) is 11. The van der Waals surface area contributed by atoms with Gasteiger partial charge in [-0.3, -0.25) is 29.5 Å². The second kappa shape index (κ2) is 23.3. The monoisotopic (exact) mass is 697 g/mol. The second-order valence-corrected chi connectivity index (χ2v) is 12.4. The molecule has 0 bridgehead atoms. The summed E-state index contributed by atoms with van der Waals surface area (Å²) in [5, 5.41) is 16.5. The van der Waals surface area contributed by atoms with Gasteiger partial charge in [-0.05, 0) is 43.6 Å². The lowest BCUT2D eigenvalue weighted by molar-refractivity contribution is -0.384. The number of hydrogen-bond donors (Lipinski definition) is 2. The van der Waals surface area contributed by atoms with E-state index in [1.807, 2.05) is 30.3 Å². The van der Waals surface area contributed by atoms with Crippen LogP contribution in [0.3, 0.4) is 0 Å². The Morgan fingerprint density at radius 3 is 1.76 bits per heavy atom. The molecule has 0 saturated carbocycles. The number of nitrogens with one attached hydrogen (secondary N) is 2. The summed E-state index contributed by atoms with van der Waals surface area (Å²) in [7, 11) is 0. The lowest BCUT2D eigenvalue weighted by atomic mass is 10.2. The molecule has 0 atom stereocenters. The van der Waals surface area contributed by atoms with E-state index in [1.165, 1.54) is 24.3 Å². The number of benzene rings is 2. The van der Waals surface area contributed by atoms with Crippen molar-refractivity contribution in [3.63, 3.8) is 0 Å². The number of unbranched alkanes of at least 4 members (excludes halogenated alkanes) is 3. The summed E-state index contributed by atoms with van der Waals surface area (Å²) in [6.07, 6.45) is 2.76. The largest absolute Gasteiger partial charge is 0.460 e. The molecule has 2 aromatic carbocycles. The molecule has 14 nitrogen and oxygen atoms in total. The number of rotatable bonds is 17. The summed E-state index contributed by atoms with van der Waals surface area (Å²) in [5.74, 6) is -0.0238. The summed E-state index contributed by atoms with van der Waals surface area (Å²) in [6, 6.07) is 15.0. The maximum atomic E-state index is 13.0. The van der Waals surface area contributed by atoms with Gasteiger partial charge in [-0.1, -0.05) is 57.0 Å². The van der Waals surface area contributed by atoms with Gasteiger partial charge >= 0.3 is 12.1 Å². The van der Waals surface area contributed by atoms with Gasteiger partial charge in [0.15, 0.2) is 0 Å². The average Bonchev–Trinajstić information content (AvgIpc) is 3.11. The zero-order valence-corrected chi connectivity index (χ0v) is 29.7. The first-order valence-corrected chi connectivity index (χ1v) is 17.8. The SMILES string of the molecule is CCN1CCN(CC)CCN(CC(=O)OCc2ccccc2)CCN(CC(=O)NCCCCCCNC(=O)Oc2ccc([N+](=O)[O-])cc2)CC1. The van der Waals surface area contributed by atoms with Crippen LogP contribution >= 0.6 is 0 Å². The van der Waals surface area contributed by atoms with Crippen molar-refractivity contribution in [1.82, 2.24) is 30.2 Å². The summed E-state index contributed by atoms with van der Waals surface area (Å²) >= 11 is 0. The molecule has 0 spiro atoms. The maximum absolute atomic E-state index is 13.0. The van der Waals surface area contributed by atoms with Crippen LogP contribution in [0, 0.1) is 10.1 Å². The predicted octanol–water partition coefficient (Wildman–Crippen LogP) is 3.36. The van der Waals surface area contributed by atoms with Crippen LogP contribution in [0.2, 0.25) is 0 Å². The molecular weight excluding hydrogens is 642 g/mol. The minimum Gasteiger partial charge on any atom is -0.460 e. The highest BCUT2D eigenvalue weighted by molar-refractivity contribution is 5.78. The second-order valence-electron chi connectivity index (χ2n) is 12.4. The number of carbonyl (C=O) groups excluding carboxylic acids is 3. The highest BCUT2D eigenvalue weighted by Crippen LogP contribution is 2.17. The Kier molecular flexibility index (Phi) is 18.8. The van der Waals surface area contributed by atoms with Crippen molar-refractivity contribution in [2.75, 3.05) is 91.6 Å². The fourth-order valence-electron chi connectivity index (χ4n) is 5.55. The standard InChI is InChI=1S/C36H55N7O7/c1-3-39-20-21-40(4-2)23-25-42(29-35(45)49-30-31-12-8-7-9-13-31)27-26-41(24-22-39)28-34(44)37-18-10-5-6-11-19-38-36(46)50-33-16-14-32(15-17-33)43(47)48/h7-9,12-17H,3-6,10-11,18-30H2,1-2H3,(H,37,44)(H,38,46). The van der Waals surface area contributed by atoms with Crippen LogP contribution in [0.4, 0.5) is 10.5 Å². The zero-order valence-electron chi connectivity index (χ0n) is 29.7. The van der Waals surface area contributed by atoms with Crippen LogP contribution in [0.5, 0.6) is 5.75 Å². The molecule has 0 aliphatic carbocycles. The van der Waals surface area contributed by atoms with E-state index < -0.39 is 11.0 Å². The van der Waals surface area contributed by atoms with Gasteiger partial charge in [0.25, 0.3) is 5.69 Å². The Morgan fingerprint density at radius 2 is 1.22 bits per heavy atom. The number of ether oxygens (including phenoxy) is 2. The molecule has 0 radical (unpaired) electrons.